The zero-order chi connectivity index (χ0) is 8.36. The van der Waals surface area contributed by atoms with Crippen molar-refractivity contribution in [3.63, 3.8) is 0 Å². The number of rotatable bonds is 8. The Morgan fingerprint density at radius 2 is 1.64 bits per heavy atom. The first-order valence-corrected chi connectivity index (χ1v) is 4.43. The third-order valence-corrected chi connectivity index (χ3v) is 1.57. The molecule has 0 aromatic heterocycles. The van der Waals surface area contributed by atoms with Gasteiger partial charge < -0.3 is 16.2 Å². The molecule has 0 amide bonds. The van der Waals surface area contributed by atoms with E-state index < -0.39 is 0 Å². The van der Waals surface area contributed by atoms with Crippen LogP contribution in [0.25, 0.3) is 0 Å². The Morgan fingerprint density at radius 3 is 2.18 bits per heavy atom. The van der Waals surface area contributed by atoms with Gasteiger partial charge in [0, 0.05) is 6.61 Å². The van der Waals surface area contributed by atoms with Gasteiger partial charge in [-0.1, -0.05) is 0 Å². The summed E-state index contributed by atoms with van der Waals surface area (Å²) >= 11 is 0. The number of aliphatic hydroxyl groups is 1. The van der Waals surface area contributed by atoms with Crippen LogP contribution < -0.4 is 11.1 Å². The van der Waals surface area contributed by atoms with E-state index in [0.717, 1.165) is 45.3 Å². The third kappa shape index (κ3) is 9.88. The van der Waals surface area contributed by atoms with Crippen molar-refractivity contribution in [1.82, 2.24) is 5.32 Å². The lowest BCUT2D eigenvalue weighted by Gasteiger charge is -2.02. The lowest BCUT2D eigenvalue weighted by molar-refractivity contribution is 0.283. The summed E-state index contributed by atoms with van der Waals surface area (Å²) in [5, 5.41) is 11.8. The number of nitrogens with two attached hydrogens (primary N) is 1. The van der Waals surface area contributed by atoms with Gasteiger partial charge in [0.15, 0.2) is 0 Å². The Morgan fingerprint density at radius 1 is 1.00 bits per heavy atom. The zero-order valence-electron chi connectivity index (χ0n) is 7.18. The van der Waals surface area contributed by atoms with Crippen LogP contribution in [0.1, 0.15) is 25.7 Å². The van der Waals surface area contributed by atoms with Gasteiger partial charge >= 0.3 is 0 Å². The molecule has 0 atom stereocenters. The zero-order valence-corrected chi connectivity index (χ0v) is 7.18. The largest absolute Gasteiger partial charge is 0.396 e. The molecule has 0 aliphatic heterocycles. The molecule has 0 aliphatic carbocycles. The Bertz CT molecular complexity index is 61.1. The summed E-state index contributed by atoms with van der Waals surface area (Å²) in [5.41, 5.74) is 5.33. The molecule has 11 heavy (non-hydrogen) atoms. The first kappa shape index (κ1) is 10.9. The highest BCUT2D eigenvalue weighted by Gasteiger charge is 1.87. The van der Waals surface area contributed by atoms with Crippen molar-refractivity contribution >= 4 is 0 Å². The fourth-order valence-electron chi connectivity index (χ4n) is 0.881. The molecule has 4 N–H and O–H groups in total. The van der Waals surface area contributed by atoms with E-state index in [1.54, 1.807) is 0 Å². The number of nitrogens with one attached hydrogen (secondary N) is 1. The maximum Gasteiger partial charge on any atom is 0.0431 e. The van der Waals surface area contributed by atoms with Crippen LogP contribution in [-0.2, 0) is 0 Å². The van der Waals surface area contributed by atoms with E-state index in [0.29, 0.717) is 6.61 Å². The van der Waals surface area contributed by atoms with Crippen LogP contribution in [0, 0.1) is 0 Å². The van der Waals surface area contributed by atoms with Gasteiger partial charge in [-0.3, -0.25) is 0 Å². The molecule has 0 heterocycles. The highest BCUT2D eigenvalue weighted by molar-refractivity contribution is 4.48. The molecule has 0 bridgehead atoms. The molecule has 0 spiro atoms. The Balaban J connectivity index is 2.69. The first-order valence-electron chi connectivity index (χ1n) is 4.43. The summed E-state index contributed by atoms with van der Waals surface area (Å²) < 4.78 is 0. The Hall–Kier alpha value is -0.120. The second kappa shape index (κ2) is 9.88. The molecule has 0 unspecified atom stereocenters. The van der Waals surface area contributed by atoms with E-state index in [-0.39, 0.29) is 0 Å². The van der Waals surface area contributed by atoms with Crippen molar-refractivity contribution in [3.05, 3.63) is 0 Å². The molecule has 68 valence electrons. The van der Waals surface area contributed by atoms with Crippen LogP contribution in [0.5, 0.6) is 0 Å². The maximum atomic E-state index is 8.46. The Labute approximate surface area is 69.0 Å². The molecule has 0 aromatic carbocycles. The SMILES string of the molecule is NCCCCNCCCCO. The molecule has 0 saturated heterocycles. The van der Waals surface area contributed by atoms with Crippen LogP contribution in [0.3, 0.4) is 0 Å². The quantitative estimate of drug-likeness (QED) is 0.441. The van der Waals surface area contributed by atoms with Crippen LogP contribution in [0.15, 0.2) is 0 Å². The molecule has 0 rings (SSSR count). The average molecular weight is 160 g/mol. The fraction of sp³-hybridized carbons (Fsp3) is 1.00. The number of hydrogen-bond acceptors (Lipinski definition) is 3. The molecule has 0 radical (unpaired) electrons. The lowest BCUT2D eigenvalue weighted by atomic mass is 10.3. The van der Waals surface area contributed by atoms with Gasteiger partial charge in [0.05, 0.1) is 0 Å². The smallest absolute Gasteiger partial charge is 0.0431 e. The van der Waals surface area contributed by atoms with E-state index in [9.17, 15) is 0 Å². The Kier molecular flexibility index (Phi) is 9.77. The summed E-state index contributed by atoms with van der Waals surface area (Å²) in [6, 6.07) is 0. The third-order valence-electron chi connectivity index (χ3n) is 1.57. The molecular weight excluding hydrogens is 140 g/mol. The average Bonchev–Trinajstić information content (AvgIpc) is 2.03. The van der Waals surface area contributed by atoms with E-state index >= 15 is 0 Å². The van der Waals surface area contributed by atoms with E-state index in [2.05, 4.69) is 5.32 Å². The van der Waals surface area contributed by atoms with E-state index in [1.165, 1.54) is 0 Å². The van der Waals surface area contributed by atoms with Crippen molar-refractivity contribution in [2.75, 3.05) is 26.2 Å². The van der Waals surface area contributed by atoms with E-state index in [4.69, 9.17) is 10.8 Å². The van der Waals surface area contributed by atoms with Crippen LogP contribution >= 0.6 is 0 Å². The summed E-state index contributed by atoms with van der Waals surface area (Å²) in [7, 11) is 0. The number of aliphatic hydroxyl groups excluding tert-OH is 1. The molecule has 0 aromatic rings. The van der Waals surface area contributed by atoms with Crippen molar-refractivity contribution in [2.24, 2.45) is 5.73 Å². The number of unbranched alkanes of at least 4 members (excludes halogenated alkanes) is 2. The molecular formula is C8H20N2O. The normalized spacial score (nSPS) is 10.4. The first-order chi connectivity index (χ1) is 5.41. The standard InChI is InChI=1S/C8H20N2O/c9-5-1-2-6-10-7-3-4-8-11/h10-11H,1-9H2. The van der Waals surface area contributed by atoms with Gasteiger partial charge in [0.25, 0.3) is 0 Å². The summed E-state index contributed by atoms with van der Waals surface area (Å²) in [5.74, 6) is 0. The van der Waals surface area contributed by atoms with Crippen LogP contribution in [0.2, 0.25) is 0 Å². The van der Waals surface area contributed by atoms with Crippen molar-refractivity contribution < 1.29 is 5.11 Å². The van der Waals surface area contributed by atoms with Gasteiger partial charge in [-0.15, -0.1) is 0 Å². The molecule has 0 saturated carbocycles. The predicted molar refractivity (Wildman–Crippen MR) is 47.5 cm³/mol. The predicted octanol–water partition coefficient (Wildman–Crippen LogP) is 0.0874. The van der Waals surface area contributed by atoms with Gasteiger partial charge in [0.2, 0.25) is 0 Å². The highest BCUT2D eigenvalue weighted by atomic mass is 16.2. The minimum Gasteiger partial charge on any atom is -0.396 e. The second-order valence-electron chi connectivity index (χ2n) is 2.68. The van der Waals surface area contributed by atoms with Crippen LogP contribution in [0.4, 0.5) is 0 Å². The van der Waals surface area contributed by atoms with Crippen molar-refractivity contribution in [1.29, 1.82) is 0 Å². The van der Waals surface area contributed by atoms with E-state index in [1.807, 2.05) is 0 Å². The minimum atomic E-state index is 0.310. The second-order valence-corrected chi connectivity index (χ2v) is 2.68. The van der Waals surface area contributed by atoms with Crippen LogP contribution in [-0.4, -0.2) is 31.3 Å². The maximum absolute atomic E-state index is 8.46. The topological polar surface area (TPSA) is 58.3 Å². The highest BCUT2D eigenvalue weighted by Crippen LogP contribution is 1.85. The van der Waals surface area contributed by atoms with Gasteiger partial charge in [-0.05, 0) is 45.3 Å². The van der Waals surface area contributed by atoms with Gasteiger partial charge in [-0.2, -0.15) is 0 Å². The van der Waals surface area contributed by atoms with Gasteiger partial charge in [-0.25, -0.2) is 0 Å². The molecule has 0 aliphatic rings. The molecule has 0 fully saturated rings. The lowest BCUT2D eigenvalue weighted by Crippen LogP contribution is -2.17. The molecule has 3 heteroatoms. The molecule has 3 nitrogen and oxygen atoms in total. The number of hydrogen-bond donors (Lipinski definition) is 3. The van der Waals surface area contributed by atoms with Crippen molar-refractivity contribution in [3.8, 4) is 0 Å². The summed E-state index contributed by atoms with van der Waals surface area (Å²) in [4.78, 5) is 0. The van der Waals surface area contributed by atoms with Crippen molar-refractivity contribution in [2.45, 2.75) is 25.7 Å². The monoisotopic (exact) mass is 160 g/mol. The summed E-state index contributed by atoms with van der Waals surface area (Å²) in [6.45, 7) is 3.18. The minimum absolute atomic E-state index is 0.310. The fourth-order valence-corrected chi connectivity index (χ4v) is 0.881. The van der Waals surface area contributed by atoms with Gasteiger partial charge in [0.1, 0.15) is 0 Å². The summed E-state index contributed by atoms with van der Waals surface area (Å²) in [6.07, 6.45) is 4.24.